The lowest BCUT2D eigenvalue weighted by Gasteiger charge is -2.29. The lowest BCUT2D eigenvalue weighted by molar-refractivity contribution is -0.143. The Labute approximate surface area is 188 Å². The molecule has 2 N–H and O–H groups in total. The summed E-state index contributed by atoms with van der Waals surface area (Å²) in [5, 5.41) is 5.27. The molecule has 0 unspecified atom stereocenters. The minimum atomic E-state index is -0.916. The van der Waals surface area contributed by atoms with Crippen molar-refractivity contribution in [1.29, 1.82) is 0 Å². The number of carbonyl (C=O) groups excluding carboxylic acids is 4. The highest BCUT2D eigenvalue weighted by atomic mass is 16.6. The number of nitrogens with zero attached hydrogens (tertiary/aromatic N) is 1. The van der Waals surface area contributed by atoms with Gasteiger partial charge in [-0.15, -0.1) is 0 Å². The van der Waals surface area contributed by atoms with E-state index in [4.69, 9.17) is 9.47 Å². The monoisotopic (exact) mass is 447 g/mol. The predicted molar refractivity (Wildman–Crippen MR) is 118 cm³/mol. The van der Waals surface area contributed by atoms with E-state index in [1.54, 1.807) is 27.7 Å². The Morgan fingerprint density at radius 2 is 1.84 bits per heavy atom. The summed E-state index contributed by atoms with van der Waals surface area (Å²) in [5.41, 5.74) is 0.170. The molecule has 1 saturated heterocycles. The number of hydrogen-bond acceptors (Lipinski definition) is 6. The molecule has 0 radical (unpaired) electrons. The maximum absolute atomic E-state index is 13.0. The van der Waals surface area contributed by atoms with Gasteiger partial charge in [0.25, 0.3) is 0 Å². The third-order valence-corrected chi connectivity index (χ3v) is 4.81. The average molecular weight is 448 g/mol. The van der Waals surface area contributed by atoms with Gasteiger partial charge in [-0.1, -0.05) is 30.3 Å². The van der Waals surface area contributed by atoms with Gasteiger partial charge in [0.15, 0.2) is 0 Å². The molecule has 0 saturated carbocycles. The minimum Gasteiger partial charge on any atom is -0.465 e. The van der Waals surface area contributed by atoms with E-state index in [0.717, 1.165) is 5.56 Å². The van der Waals surface area contributed by atoms with E-state index in [9.17, 15) is 19.2 Å². The molecule has 9 heteroatoms. The number of rotatable bonds is 8. The zero-order valence-electron chi connectivity index (χ0n) is 19.2. The van der Waals surface area contributed by atoms with Crippen LogP contribution in [0.1, 0.15) is 46.1 Å². The second kappa shape index (κ2) is 11.5. The molecule has 0 aromatic heterocycles. The summed E-state index contributed by atoms with van der Waals surface area (Å²) in [4.78, 5) is 51.3. The van der Waals surface area contributed by atoms with Crippen molar-refractivity contribution in [3.8, 4) is 0 Å². The maximum Gasteiger partial charge on any atom is 0.410 e. The Hall–Kier alpha value is -3.10. The molecule has 1 aromatic rings. The fourth-order valence-electron chi connectivity index (χ4n) is 3.40. The first kappa shape index (κ1) is 25.2. The highest BCUT2D eigenvalue weighted by Gasteiger charge is 2.38. The molecule has 1 heterocycles. The second-order valence-corrected chi connectivity index (χ2v) is 8.61. The lowest BCUT2D eigenvalue weighted by atomic mass is 10.0. The van der Waals surface area contributed by atoms with Gasteiger partial charge < -0.3 is 20.1 Å². The number of ether oxygens (including phenoxy) is 2. The highest BCUT2D eigenvalue weighted by Crippen LogP contribution is 2.21. The fourth-order valence-corrected chi connectivity index (χ4v) is 3.40. The van der Waals surface area contributed by atoms with Crippen LogP contribution in [-0.2, 0) is 30.3 Å². The summed E-state index contributed by atoms with van der Waals surface area (Å²) in [7, 11) is 0. The van der Waals surface area contributed by atoms with Crippen molar-refractivity contribution in [2.24, 2.45) is 0 Å². The van der Waals surface area contributed by atoms with Crippen LogP contribution in [-0.4, -0.2) is 66.2 Å². The van der Waals surface area contributed by atoms with E-state index in [1.165, 1.54) is 4.90 Å². The van der Waals surface area contributed by atoms with Crippen molar-refractivity contribution in [1.82, 2.24) is 15.5 Å². The van der Waals surface area contributed by atoms with E-state index < -0.39 is 41.6 Å². The summed E-state index contributed by atoms with van der Waals surface area (Å²) in [5.74, 6) is -1.49. The van der Waals surface area contributed by atoms with Gasteiger partial charge in [-0.3, -0.25) is 19.3 Å². The Balaban J connectivity index is 2.09. The van der Waals surface area contributed by atoms with Crippen LogP contribution in [0, 0.1) is 0 Å². The molecule has 2 atom stereocenters. The third kappa shape index (κ3) is 7.86. The van der Waals surface area contributed by atoms with Gasteiger partial charge in [0.2, 0.25) is 11.8 Å². The molecule has 1 aliphatic rings. The summed E-state index contributed by atoms with van der Waals surface area (Å²) in [6, 6.07) is 7.59. The topological polar surface area (TPSA) is 114 Å². The molecule has 0 aliphatic carbocycles. The number of amides is 3. The van der Waals surface area contributed by atoms with Crippen molar-refractivity contribution in [3.63, 3.8) is 0 Å². The summed E-state index contributed by atoms with van der Waals surface area (Å²) < 4.78 is 10.2. The maximum atomic E-state index is 13.0. The largest absolute Gasteiger partial charge is 0.465 e. The van der Waals surface area contributed by atoms with Crippen LogP contribution < -0.4 is 10.6 Å². The summed E-state index contributed by atoms with van der Waals surface area (Å²) in [6.45, 7) is 7.30. The van der Waals surface area contributed by atoms with Crippen LogP contribution in [0.5, 0.6) is 0 Å². The normalized spacial score (nSPS) is 16.8. The van der Waals surface area contributed by atoms with Gasteiger partial charge in [-0.2, -0.15) is 0 Å². The Bertz CT molecular complexity index is 806. The molecular weight excluding hydrogens is 414 g/mol. The van der Waals surface area contributed by atoms with Crippen molar-refractivity contribution < 1.29 is 28.7 Å². The molecule has 32 heavy (non-hydrogen) atoms. The van der Waals surface area contributed by atoms with Crippen LogP contribution >= 0.6 is 0 Å². The van der Waals surface area contributed by atoms with E-state index in [-0.39, 0.29) is 19.6 Å². The number of carbonyl (C=O) groups is 4. The molecule has 0 bridgehead atoms. The number of likely N-dealkylation sites (tertiary alicyclic amines) is 1. The van der Waals surface area contributed by atoms with E-state index in [0.29, 0.717) is 19.4 Å². The molecule has 0 spiro atoms. The molecular formula is C23H33N3O6. The summed E-state index contributed by atoms with van der Waals surface area (Å²) >= 11 is 0. The Kier molecular flexibility index (Phi) is 9.04. The predicted octanol–water partition coefficient (Wildman–Crippen LogP) is 1.79. The SMILES string of the molecule is CCOC(=O)CNC(=O)[C@H](Cc1ccccc1)NC(=O)[C@@H]1CCCN1C(=O)OC(C)(C)C. The molecule has 1 aromatic carbocycles. The molecule has 1 aliphatic heterocycles. The molecule has 1 fully saturated rings. The van der Waals surface area contributed by atoms with Crippen molar-refractivity contribution in [2.45, 2.75) is 64.6 Å². The first-order chi connectivity index (χ1) is 15.1. The lowest BCUT2D eigenvalue weighted by Crippen LogP contribution is -2.54. The quantitative estimate of drug-likeness (QED) is 0.588. The average Bonchev–Trinajstić information content (AvgIpc) is 3.21. The Morgan fingerprint density at radius 3 is 2.47 bits per heavy atom. The van der Waals surface area contributed by atoms with Gasteiger partial charge in [0.05, 0.1) is 6.61 Å². The number of benzene rings is 1. The van der Waals surface area contributed by atoms with Crippen LogP contribution in [0.25, 0.3) is 0 Å². The van der Waals surface area contributed by atoms with E-state index in [1.807, 2.05) is 30.3 Å². The molecule has 176 valence electrons. The first-order valence-corrected chi connectivity index (χ1v) is 10.9. The number of hydrogen-bond donors (Lipinski definition) is 2. The standard InChI is InChI=1S/C23H33N3O6/c1-5-31-19(27)15-24-20(28)17(14-16-10-7-6-8-11-16)25-21(29)18-12-9-13-26(18)22(30)32-23(2,3)4/h6-8,10-11,17-18H,5,9,12-15H2,1-4H3,(H,24,28)(H,25,29)/t17-,18-/m0/s1. The van der Waals surface area contributed by atoms with E-state index >= 15 is 0 Å². The molecule has 3 amide bonds. The zero-order chi connectivity index (χ0) is 23.7. The van der Waals surface area contributed by atoms with Gasteiger partial charge in [-0.05, 0) is 46.1 Å². The first-order valence-electron chi connectivity index (χ1n) is 10.9. The van der Waals surface area contributed by atoms with Crippen LogP contribution in [0.15, 0.2) is 30.3 Å². The van der Waals surface area contributed by atoms with Gasteiger partial charge >= 0.3 is 12.1 Å². The van der Waals surface area contributed by atoms with Gasteiger partial charge in [0.1, 0.15) is 24.2 Å². The van der Waals surface area contributed by atoms with Gasteiger partial charge in [-0.25, -0.2) is 4.79 Å². The summed E-state index contributed by atoms with van der Waals surface area (Å²) in [6.07, 6.45) is 0.825. The van der Waals surface area contributed by atoms with E-state index in [2.05, 4.69) is 10.6 Å². The van der Waals surface area contributed by atoms with Crippen molar-refractivity contribution in [3.05, 3.63) is 35.9 Å². The van der Waals surface area contributed by atoms with Crippen LogP contribution in [0.3, 0.4) is 0 Å². The van der Waals surface area contributed by atoms with Crippen molar-refractivity contribution in [2.75, 3.05) is 19.7 Å². The fraction of sp³-hybridized carbons (Fsp3) is 0.565. The zero-order valence-corrected chi connectivity index (χ0v) is 19.2. The number of esters is 1. The van der Waals surface area contributed by atoms with Crippen LogP contribution in [0.4, 0.5) is 4.79 Å². The third-order valence-electron chi connectivity index (χ3n) is 4.81. The number of nitrogens with one attached hydrogen (secondary N) is 2. The highest BCUT2D eigenvalue weighted by molar-refractivity contribution is 5.92. The smallest absolute Gasteiger partial charge is 0.410 e. The molecule has 2 rings (SSSR count). The minimum absolute atomic E-state index is 0.209. The van der Waals surface area contributed by atoms with Gasteiger partial charge in [0, 0.05) is 13.0 Å². The second-order valence-electron chi connectivity index (χ2n) is 8.61. The van der Waals surface area contributed by atoms with Crippen molar-refractivity contribution >= 4 is 23.9 Å². The Morgan fingerprint density at radius 1 is 1.16 bits per heavy atom. The molecule has 9 nitrogen and oxygen atoms in total. The van der Waals surface area contributed by atoms with Crippen LogP contribution in [0.2, 0.25) is 0 Å².